The van der Waals surface area contributed by atoms with Gasteiger partial charge in [0.2, 0.25) is 0 Å². The molecule has 1 fully saturated rings. The van der Waals surface area contributed by atoms with Gasteiger partial charge in [-0.2, -0.15) is 0 Å². The van der Waals surface area contributed by atoms with E-state index in [9.17, 15) is 4.79 Å². The Bertz CT molecular complexity index is 1330. The third kappa shape index (κ3) is 6.55. The number of aromatic nitrogens is 5. The highest BCUT2D eigenvalue weighted by Gasteiger charge is 2.19. The van der Waals surface area contributed by atoms with Crippen LogP contribution in [0.3, 0.4) is 0 Å². The van der Waals surface area contributed by atoms with Crippen molar-refractivity contribution < 1.29 is 9.53 Å². The smallest absolute Gasteiger partial charge is 0.270 e. The van der Waals surface area contributed by atoms with Gasteiger partial charge in [0.15, 0.2) is 11.0 Å². The van der Waals surface area contributed by atoms with Crippen molar-refractivity contribution in [1.29, 1.82) is 0 Å². The molecule has 1 aliphatic rings. The van der Waals surface area contributed by atoms with Gasteiger partial charge in [0.05, 0.1) is 29.7 Å². The van der Waals surface area contributed by atoms with E-state index in [0.29, 0.717) is 34.0 Å². The van der Waals surface area contributed by atoms with E-state index < -0.39 is 0 Å². The number of nitrogens with zero attached hydrogens (tertiary/aromatic N) is 6. The molecule has 4 heterocycles. The van der Waals surface area contributed by atoms with Crippen molar-refractivity contribution >= 4 is 40.6 Å². The molecule has 12 heteroatoms. The van der Waals surface area contributed by atoms with E-state index in [4.69, 9.17) is 16.3 Å². The van der Waals surface area contributed by atoms with Crippen molar-refractivity contribution in [3.63, 3.8) is 0 Å². The van der Waals surface area contributed by atoms with Crippen molar-refractivity contribution in [3.8, 4) is 17.1 Å². The standard InChI is InChI=1S/C25H26ClN7O2S2/c26-19-4-1-2-5-21(19)33-23(18-6-9-27-10-7-18)30-31-25(33)37-17-22-29-20(16-36-22)24(34)28-8-3-11-32-12-14-35-15-13-32/h1-2,4-7,9-10,16H,3,8,11-15,17H2,(H,28,34). The van der Waals surface area contributed by atoms with Crippen molar-refractivity contribution in [2.75, 3.05) is 39.4 Å². The van der Waals surface area contributed by atoms with Gasteiger partial charge in [0, 0.05) is 43.0 Å². The van der Waals surface area contributed by atoms with Gasteiger partial charge in [-0.3, -0.25) is 19.2 Å². The molecule has 0 radical (unpaired) electrons. The number of hydrogen-bond acceptors (Lipinski definition) is 9. The first-order valence-corrected chi connectivity index (χ1v) is 14.2. The van der Waals surface area contributed by atoms with Gasteiger partial charge in [-0.1, -0.05) is 35.5 Å². The predicted molar refractivity (Wildman–Crippen MR) is 145 cm³/mol. The van der Waals surface area contributed by atoms with Gasteiger partial charge < -0.3 is 10.1 Å². The van der Waals surface area contributed by atoms with Crippen molar-refractivity contribution in [2.24, 2.45) is 0 Å². The number of nitrogens with one attached hydrogen (secondary N) is 1. The van der Waals surface area contributed by atoms with Gasteiger partial charge in [0.25, 0.3) is 5.91 Å². The lowest BCUT2D eigenvalue weighted by Crippen LogP contribution is -2.38. The second-order valence-electron chi connectivity index (χ2n) is 8.31. The van der Waals surface area contributed by atoms with E-state index in [-0.39, 0.29) is 5.91 Å². The van der Waals surface area contributed by atoms with E-state index in [0.717, 1.165) is 55.5 Å². The van der Waals surface area contributed by atoms with Crippen LogP contribution in [0.15, 0.2) is 59.3 Å². The number of halogens is 1. The molecule has 5 rings (SSSR count). The van der Waals surface area contributed by atoms with Gasteiger partial charge in [-0.05, 0) is 37.2 Å². The van der Waals surface area contributed by atoms with Crippen LogP contribution in [0.5, 0.6) is 0 Å². The number of benzene rings is 1. The molecule has 1 aliphatic heterocycles. The Morgan fingerprint density at radius 1 is 1.14 bits per heavy atom. The Hall–Kier alpha value is -2.83. The van der Waals surface area contributed by atoms with Crippen LogP contribution in [0, 0.1) is 0 Å². The number of thioether (sulfide) groups is 1. The van der Waals surface area contributed by atoms with E-state index in [1.54, 1.807) is 17.8 Å². The quantitative estimate of drug-likeness (QED) is 0.230. The summed E-state index contributed by atoms with van der Waals surface area (Å²) in [5.41, 5.74) is 2.12. The molecule has 1 aromatic carbocycles. The molecule has 0 atom stereocenters. The summed E-state index contributed by atoms with van der Waals surface area (Å²) in [7, 11) is 0. The number of carbonyl (C=O) groups excluding carboxylic acids is 1. The van der Waals surface area contributed by atoms with Gasteiger partial charge in [0.1, 0.15) is 10.7 Å². The van der Waals surface area contributed by atoms with Crippen LogP contribution >= 0.6 is 34.7 Å². The van der Waals surface area contributed by atoms with Gasteiger partial charge >= 0.3 is 0 Å². The second-order valence-corrected chi connectivity index (χ2v) is 10.6. The Morgan fingerprint density at radius 3 is 2.76 bits per heavy atom. The SMILES string of the molecule is O=C(NCCCN1CCOCC1)c1csc(CSc2nnc(-c3ccncc3)n2-c2ccccc2Cl)n1. The third-order valence-electron chi connectivity index (χ3n) is 5.81. The molecule has 0 aliphatic carbocycles. The van der Waals surface area contributed by atoms with Crippen molar-refractivity contribution in [1.82, 2.24) is 34.9 Å². The Morgan fingerprint density at radius 2 is 1.95 bits per heavy atom. The van der Waals surface area contributed by atoms with Gasteiger partial charge in [-0.25, -0.2) is 4.98 Å². The highest BCUT2D eigenvalue weighted by molar-refractivity contribution is 7.98. The second kappa shape index (κ2) is 12.6. The van der Waals surface area contributed by atoms with E-state index in [2.05, 4.69) is 30.4 Å². The number of para-hydroxylation sites is 1. The maximum atomic E-state index is 12.6. The fourth-order valence-corrected chi connectivity index (χ4v) is 5.89. The number of thiazole rings is 1. The lowest BCUT2D eigenvalue weighted by atomic mass is 10.2. The van der Waals surface area contributed by atoms with Crippen LogP contribution in [0.25, 0.3) is 17.1 Å². The number of pyridine rings is 1. The maximum Gasteiger partial charge on any atom is 0.270 e. The monoisotopic (exact) mass is 555 g/mol. The molecule has 1 amide bonds. The van der Waals surface area contributed by atoms with Crippen LogP contribution in [0.1, 0.15) is 21.9 Å². The summed E-state index contributed by atoms with van der Waals surface area (Å²) in [6, 6.07) is 11.4. The molecule has 1 saturated heterocycles. The Kier molecular flexibility index (Phi) is 8.80. The predicted octanol–water partition coefficient (Wildman–Crippen LogP) is 4.18. The summed E-state index contributed by atoms with van der Waals surface area (Å²) in [6.45, 7) is 5.05. The number of ether oxygens (including phenoxy) is 1. The zero-order chi connectivity index (χ0) is 25.5. The molecular formula is C25H26ClN7O2S2. The number of rotatable bonds is 10. The first kappa shape index (κ1) is 25.8. The largest absolute Gasteiger partial charge is 0.379 e. The molecule has 0 saturated carbocycles. The highest BCUT2D eigenvalue weighted by atomic mass is 35.5. The van der Waals surface area contributed by atoms with E-state index >= 15 is 0 Å². The minimum absolute atomic E-state index is 0.145. The summed E-state index contributed by atoms with van der Waals surface area (Å²) >= 11 is 9.50. The molecule has 192 valence electrons. The van der Waals surface area contributed by atoms with Crippen LogP contribution < -0.4 is 5.32 Å². The topological polar surface area (TPSA) is 98.1 Å². The minimum Gasteiger partial charge on any atom is -0.379 e. The molecule has 4 aromatic rings. The fourth-order valence-electron chi connectivity index (χ4n) is 3.93. The average molecular weight is 556 g/mol. The molecule has 0 bridgehead atoms. The number of carbonyl (C=O) groups is 1. The summed E-state index contributed by atoms with van der Waals surface area (Å²) in [6.07, 6.45) is 4.34. The number of hydrogen-bond donors (Lipinski definition) is 1. The molecular weight excluding hydrogens is 530 g/mol. The Balaban J connectivity index is 1.22. The van der Waals surface area contributed by atoms with Crippen molar-refractivity contribution in [2.45, 2.75) is 17.3 Å². The van der Waals surface area contributed by atoms with Gasteiger partial charge in [-0.15, -0.1) is 21.5 Å². The highest BCUT2D eigenvalue weighted by Crippen LogP contribution is 2.32. The summed E-state index contributed by atoms with van der Waals surface area (Å²) < 4.78 is 7.31. The average Bonchev–Trinajstić information content (AvgIpc) is 3.59. The number of morpholine rings is 1. The molecule has 37 heavy (non-hydrogen) atoms. The van der Waals surface area contributed by atoms with E-state index in [1.807, 2.05) is 41.0 Å². The molecule has 0 unspecified atom stereocenters. The molecule has 1 N–H and O–H groups in total. The van der Waals surface area contributed by atoms with Crippen molar-refractivity contribution in [3.05, 3.63) is 69.9 Å². The van der Waals surface area contributed by atoms with Crippen LogP contribution in [0.2, 0.25) is 5.02 Å². The maximum absolute atomic E-state index is 12.6. The van der Waals surface area contributed by atoms with E-state index in [1.165, 1.54) is 23.1 Å². The molecule has 0 spiro atoms. The first-order chi connectivity index (χ1) is 18.2. The molecule has 9 nitrogen and oxygen atoms in total. The summed E-state index contributed by atoms with van der Waals surface area (Å²) in [4.78, 5) is 23.6. The normalized spacial score (nSPS) is 14.1. The molecule has 3 aromatic heterocycles. The lowest BCUT2D eigenvalue weighted by Gasteiger charge is -2.26. The fraction of sp³-hybridized carbons (Fsp3) is 0.320. The lowest BCUT2D eigenvalue weighted by molar-refractivity contribution is 0.0374. The Labute approximate surface area is 228 Å². The van der Waals surface area contributed by atoms with Crippen LogP contribution in [-0.4, -0.2) is 74.9 Å². The summed E-state index contributed by atoms with van der Waals surface area (Å²) in [5, 5.41) is 15.8. The zero-order valence-electron chi connectivity index (χ0n) is 20.0. The van der Waals surface area contributed by atoms with Crippen LogP contribution in [-0.2, 0) is 10.5 Å². The van der Waals surface area contributed by atoms with Crippen LogP contribution in [0.4, 0.5) is 0 Å². The number of amides is 1. The third-order valence-corrected chi connectivity index (χ3v) is 8.11. The minimum atomic E-state index is -0.145. The first-order valence-electron chi connectivity index (χ1n) is 12.0. The zero-order valence-corrected chi connectivity index (χ0v) is 22.4. The summed E-state index contributed by atoms with van der Waals surface area (Å²) in [5.74, 6) is 1.08.